The first-order valence-electron chi connectivity index (χ1n) is 5.74. The van der Waals surface area contributed by atoms with Gasteiger partial charge in [-0.1, -0.05) is 30.3 Å². The van der Waals surface area contributed by atoms with Gasteiger partial charge in [-0.2, -0.15) is 0 Å². The van der Waals surface area contributed by atoms with Crippen LogP contribution in [0.1, 0.15) is 12.0 Å². The quantitative estimate of drug-likeness (QED) is 0.778. The topological polar surface area (TPSA) is 55.8 Å². The predicted molar refractivity (Wildman–Crippen MR) is 61.2 cm³/mol. The summed E-state index contributed by atoms with van der Waals surface area (Å²) in [5.41, 5.74) is 1.05. The van der Waals surface area contributed by atoms with Crippen molar-refractivity contribution in [3.8, 4) is 0 Å². The minimum absolute atomic E-state index is 0.161. The molecule has 1 N–H and O–H groups in total. The Bertz CT molecular complexity index is 363. The third-order valence-electron chi connectivity index (χ3n) is 2.84. The lowest BCUT2D eigenvalue weighted by molar-refractivity contribution is -0.145. The van der Waals surface area contributed by atoms with Gasteiger partial charge in [0.05, 0.1) is 31.8 Å². The molecule has 2 rings (SSSR count). The molecule has 4 nitrogen and oxygen atoms in total. The maximum Gasteiger partial charge on any atom is 0.311 e. The number of hydrogen-bond donors (Lipinski definition) is 1. The molecule has 92 valence electrons. The number of cyclic esters (lactones) is 1. The van der Waals surface area contributed by atoms with E-state index >= 15 is 0 Å². The van der Waals surface area contributed by atoms with E-state index in [0.29, 0.717) is 19.6 Å². The van der Waals surface area contributed by atoms with Gasteiger partial charge in [0.15, 0.2) is 0 Å². The van der Waals surface area contributed by atoms with E-state index in [1.807, 2.05) is 30.3 Å². The van der Waals surface area contributed by atoms with Crippen LogP contribution >= 0.6 is 0 Å². The Morgan fingerprint density at radius 3 is 2.82 bits per heavy atom. The van der Waals surface area contributed by atoms with Crippen molar-refractivity contribution in [2.75, 3.05) is 13.2 Å². The molecular weight excluding hydrogens is 220 g/mol. The van der Waals surface area contributed by atoms with Gasteiger partial charge >= 0.3 is 5.97 Å². The number of rotatable bonds is 5. The summed E-state index contributed by atoms with van der Waals surface area (Å²) in [6.45, 7) is 1.01. The van der Waals surface area contributed by atoms with Gasteiger partial charge in [0.2, 0.25) is 0 Å². The molecule has 1 aliphatic rings. The third-order valence-corrected chi connectivity index (χ3v) is 2.84. The lowest BCUT2D eigenvalue weighted by Gasteiger charge is -2.14. The van der Waals surface area contributed by atoms with Crippen molar-refractivity contribution in [2.24, 2.45) is 5.92 Å². The van der Waals surface area contributed by atoms with Crippen LogP contribution in [-0.4, -0.2) is 30.4 Å². The molecule has 0 bridgehead atoms. The first kappa shape index (κ1) is 12.1. The molecule has 0 radical (unpaired) electrons. The number of aliphatic hydroxyl groups is 1. The van der Waals surface area contributed by atoms with Gasteiger partial charge in [-0.3, -0.25) is 4.79 Å². The molecule has 1 heterocycles. The molecule has 1 saturated heterocycles. The second-order valence-corrected chi connectivity index (χ2v) is 4.13. The van der Waals surface area contributed by atoms with Crippen LogP contribution in [0.4, 0.5) is 0 Å². The number of hydrogen-bond acceptors (Lipinski definition) is 4. The molecule has 0 spiro atoms. The summed E-state index contributed by atoms with van der Waals surface area (Å²) in [7, 11) is 0. The van der Waals surface area contributed by atoms with Crippen LogP contribution in [-0.2, 0) is 20.9 Å². The third kappa shape index (κ3) is 3.28. The molecule has 17 heavy (non-hydrogen) atoms. The van der Waals surface area contributed by atoms with Crippen molar-refractivity contribution < 1.29 is 19.4 Å². The summed E-state index contributed by atoms with van der Waals surface area (Å²) in [5, 5.41) is 9.77. The monoisotopic (exact) mass is 236 g/mol. The number of aliphatic hydroxyl groups excluding tert-OH is 1. The lowest BCUT2D eigenvalue weighted by Crippen LogP contribution is -2.28. The van der Waals surface area contributed by atoms with E-state index in [2.05, 4.69) is 0 Å². The second kappa shape index (κ2) is 5.80. The zero-order valence-corrected chi connectivity index (χ0v) is 9.54. The largest absolute Gasteiger partial charge is 0.465 e. The summed E-state index contributed by atoms with van der Waals surface area (Å²) in [4.78, 5) is 11.2. The van der Waals surface area contributed by atoms with E-state index in [-0.39, 0.29) is 12.6 Å². The van der Waals surface area contributed by atoms with Crippen LogP contribution in [0.15, 0.2) is 30.3 Å². The van der Waals surface area contributed by atoms with E-state index in [0.717, 1.165) is 5.56 Å². The average Bonchev–Trinajstić information content (AvgIpc) is 2.77. The summed E-state index contributed by atoms with van der Waals surface area (Å²) in [6, 6.07) is 9.71. The van der Waals surface area contributed by atoms with E-state index in [1.54, 1.807) is 0 Å². The molecule has 1 fully saturated rings. The molecule has 4 heteroatoms. The van der Waals surface area contributed by atoms with Crippen LogP contribution in [0.25, 0.3) is 0 Å². The maximum atomic E-state index is 11.2. The van der Waals surface area contributed by atoms with E-state index in [9.17, 15) is 9.90 Å². The van der Waals surface area contributed by atoms with E-state index in [1.165, 1.54) is 0 Å². The highest BCUT2D eigenvalue weighted by Crippen LogP contribution is 2.18. The van der Waals surface area contributed by atoms with Gasteiger partial charge in [0.1, 0.15) is 0 Å². The predicted octanol–water partition coefficient (Wildman–Crippen LogP) is 1.13. The fourth-order valence-corrected chi connectivity index (χ4v) is 1.85. The Morgan fingerprint density at radius 1 is 1.41 bits per heavy atom. The SMILES string of the molecule is O=C1OCC[C@@H]1[C@@H](O)COCc1ccccc1. The maximum absolute atomic E-state index is 11.2. The number of benzene rings is 1. The van der Waals surface area contributed by atoms with E-state index in [4.69, 9.17) is 9.47 Å². The molecule has 1 aromatic rings. The Morgan fingerprint density at radius 2 is 2.18 bits per heavy atom. The van der Waals surface area contributed by atoms with Crippen molar-refractivity contribution in [1.29, 1.82) is 0 Å². The molecule has 0 amide bonds. The fraction of sp³-hybridized carbons (Fsp3) is 0.462. The highest BCUT2D eigenvalue weighted by Gasteiger charge is 2.33. The average molecular weight is 236 g/mol. The molecule has 0 aliphatic carbocycles. The van der Waals surface area contributed by atoms with Crippen molar-refractivity contribution in [1.82, 2.24) is 0 Å². The number of ether oxygens (including phenoxy) is 2. The highest BCUT2D eigenvalue weighted by molar-refractivity contribution is 5.74. The van der Waals surface area contributed by atoms with Gasteiger partial charge in [-0.15, -0.1) is 0 Å². The molecule has 0 aromatic heterocycles. The van der Waals surface area contributed by atoms with Crippen molar-refractivity contribution in [3.05, 3.63) is 35.9 Å². The zero-order chi connectivity index (χ0) is 12.1. The summed E-state index contributed by atoms with van der Waals surface area (Å²) < 4.78 is 10.2. The minimum Gasteiger partial charge on any atom is -0.465 e. The number of esters is 1. The van der Waals surface area contributed by atoms with Crippen LogP contribution < -0.4 is 0 Å². The van der Waals surface area contributed by atoms with E-state index < -0.39 is 12.0 Å². The number of carbonyl (C=O) groups is 1. The first-order valence-corrected chi connectivity index (χ1v) is 5.74. The number of carbonyl (C=O) groups excluding carboxylic acids is 1. The Kier molecular flexibility index (Phi) is 4.12. The smallest absolute Gasteiger partial charge is 0.311 e. The minimum atomic E-state index is -0.770. The Balaban J connectivity index is 1.73. The highest BCUT2D eigenvalue weighted by atomic mass is 16.5. The van der Waals surface area contributed by atoms with Crippen molar-refractivity contribution in [2.45, 2.75) is 19.1 Å². The van der Waals surface area contributed by atoms with Crippen LogP contribution in [0, 0.1) is 5.92 Å². The normalized spacial score (nSPS) is 21.2. The van der Waals surface area contributed by atoms with Gasteiger partial charge < -0.3 is 14.6 Å². The zero-order valence-electron chi connectivity index (χ0n) is 9.54. The van der Waals surface area contributed by atoms with Gasteiger partial charge in [0, 0.05) is 0 Å². The van der Waals surface area contributed by atoms with Crippen molar-refractivity contribution in [3.63, 3.8) is 0 Å². The standard InChI is InChI=1S/C13H16O4/c14-12(11-6-7-17-13(11)15)9-16-8-10-4-2-1-3-5-10/h1-5,11-12,14H,6-9H2/t11-,12+/m1/s1. The summed E-state index contributed by atoms with van der Waals surface area (Å²) in [6.07, 6.45) is -0.192. The summed E-state index contributed by atoms with van der Waals surface area (Å²) in [5.74, 6) is -0.744. The van der Waals surface area contributed by atoms with Crippen molar-refractivity contribution >= 4 is 5.97 Å². The second-order valence-electron chi connectivity index (χ2n) is 4.13. The summed E-state index contributed by atoms with van der Waals surface area (Å²) >= 11 is 0. The van der Waals surface area contributed by atoms with Gasteiger partial charge in [-0.05, 0) is 12.0 Å². The van der Waals surface area contributed by atoms with Crippen LogP contribution in [0.3, 0.4) is 0 Å². The molecule has 2 atom stereocenters. The van der Waals surface area contributed by atoms with Crippen LogP contribution in [0.2, 0.25) is 0 Å². The molecule has 1 aromatic carbocycles. The molecular formula is C13H16O4. The molecule has 0 saturated carbocycles. The Hall–Kier alpha value is -1.39. The van der Waals surface area contributed by atoms with Gasteiger partial charge in [-0.25, -0.2) is 0 Å². The van der Waals surface area contributed by atoms with Gasteiger partial charge in [0.25, 0.3) is 0 Å². The first-order chi connectivity index (χ1) is 8.27. The lowest BCUT2D eigenvalue weighted by atomic mass is 10.0. The Labute approximate surface area is 100 Å². The van der Waals surface area contributed by atoms with Crippen LogP contribution in [0.5, 0.6) is 0 Å². The molecule has 1 aliphatic heterocycles. The fourth-order valence-electron chi connectivity index (χ4n) is 1.85. The molecule has 0 unspecified atom stereocenters.